The number of hydrogen-bond donors (Lipinski definition) is 0. The Kier molecular flexibility index (Phi) is 9.98. The van der Waals surface area contributed by atoms with E-state index >= 15 is 0 Å². The first-order valence-corrected chi connectivity index (χ1v) is 26.9. The molecule has 2 aromatic heterocycles. The Bertz CT molecular complexity index is 4480. The standard InChI is InChI=1S/C76H48N2/c1-5-13-55-41-59(21-17-49(55)9-1)63-29-37-73-69(45-63)70-46-64(60-22-18-50-10-2-6-14-56(50)42-60)30-38-74(70)77(73)67-33-25-53(26-34-67)54-27-35-68(36-28-54)78-75-39-31-65(61-23-19-51-11-3-7-15-57(51)43-61)47-71(75)72-48-66(32-40-76(72)78)62-24-20-52-12-4-8-16-58(52)44-62/h1-48H. The molecule has 0 saturated heterocycles. The van der Waals surface area contributed by atoms with Crippen molar-refractivity contribution in [3.05, 3.63) is 291 Å². The van der Waals surface area contributed by atoms with E-state index in [4.69, 9.17) is 0 Å². The largest absolute Gasteiger partial charge is 0.309 e. The van der Waals surface area contributed by atoms with E-state index in [9.17, 15) is 0 Å². The van der Waals surface area contributed by atoms with Gasteiger partial charge < -0.3 is 9.13 Å². The predicted octanol–water partition coefficient (Wildman–Crippen LogP) is 20.8. The summed E-state index contributed by atoms with van der Waals surface area (Å²) in [6.45, 7) is 0. The van der Waals surface area contributed by atoms with E-state index in [0.29, 0.717) is 0 Å². The van der Waals surface area contributed by atoms with Crippen molar-refractivity contribution in [2.45, 2.75) is 0 Å². The van der Waals surface area contributed by atoms with Crippen molar-refractivity contribution >= 4 is 86.7 Å². The molecule has 0 amide bonds. The highest BCUT2D eigenvalue weighted by Gasteiger charge is 2.18. The first-order chi connectivity index (χ1) is 38.6. The lowest BCUT2D eigenvalue weighted by Gasteiger charge is -2.12. The first kappa shape index (κ1) is 44.1. The van der Waals surface area contributed by atoms with Crippen LogP contribution < -0.4 is 0 Å². The molecule has 0 spiro atoms. The normalized spacial score (nSPS) is 11.8. The minimum Gasteiger partial charge on any atom is -0.309 e. The summed E-state index contributed by atoms with van der Waals surface area (Å²) in [5.74, 6) is 0. The third-order valence-corrected chi connectivity index (χ3v) is 16.4. The SMILES string of the molecule is c1ccc2cc(-c3ccc4c(c3)c3cc(-c5ccc6ccccc6c5)ccc3n4-c3ccc(-c4ccc(-n5c6ccc(-c7ccc8ccccc8c7)cc6c6cc(-c7ccc8ccccc8c7)ccc65)cc4)cc3)ccc2c1. The van der Waals surface area contributed by atoms with Crippen molar-refractivity contribution in [3.8, 4) is 67.0 Å². The number of rotatable bonds is 7. The Morgan fingerprint density at radius 3 is 0.615 bits per heavy atom. The van der Waals surface area contributed by atoms with Crippen LogP contribution in [0.25, 0.3) is 154 Å². The average Bonchev–Trinajstić information content (AvgIpc) is 4.16. The third-order valence-electron chi connectivity index (χ3n) is 16.4. The van der Waals surface area contributed by atoms with Crippen LogP contribution >= 0.6 is 0 Å². The molecule has 0 unspecified atom stereocenters. The molecule has 0 aliphatic heterocycles. The van der Waals surface area contributed by atoms with Crippen LogP contribution in [0, 0.1) is 0 Å². The average molecular weight is 989 g/mol. The third kappa shape index (κ3) is 7.34. The van der Waals surface area contributed by atoms with E-state index in [1.165, 1.54) is 142 Å². The summed E-state index contributed by atoms with van der Waals surface area (Å²) < 4.78 is 4.87. The quantitative estimate of drug-likeness (QED) is 0.151. The van der Waals surface area contributed by atoms with Gasteiger partial charge in [0, 0.05) is 32.9 Å². The molecule has 16 aromatic rings. The molecule has 0 aliphatic rings. The smallest absolute Gasteiger partial charge is 0.0541 e. The predicted molar refractivity (Wildman–Crippen MR) is 332 cm³/mol. The molecule has 2 nitrogen and oxygen atoms in total. The maximum atomic E-state index is 2.44. The van der Waals surface area contributed by atoms with Crippen LogP contribution in [-0.4, -0.2) is 9.13 Å². The fourth-order valence-electron chi connectivity index (χ4n) is 12.4. The topological polar surface area (TPSA) is 9.86 Å². The highest BCUT2D eigenvalue weighted by molar-refractivity contribution is 6.13. The highest BCUT2D eigenvalue weighted by Crippen LogP contribution is 2.41. The zero-order chi connectivity index (χ0) is 51.3. The fraction of sp³-hybridized carbons (Fsp3) is 0. The Morgan fingerprint density at radius 2 is 0.359 bits per heavy atom. The Balaban J connectivity index is 0.779. The highest BCUT2D eigenvalue weighted by atomic mass is 15.0. The lowest BCUT2D eigenvalue weighted by molar-refractivity contribution is 1.18. The fourth-order valence-corrected chi connectivity index (χ4v) is 12.4. The Morgan fingerprint density at radius 1 is 0.154 bits per heavy atom. The zero-order valence-electron chi connectivity index (χ0n) is 42.6. The number of benzene rings is 14. The summed E-state index contributed by atoms with van der Waals surface area (Å²) in [5.41, 5.74) is 19.0. The molecule has 0 bridgehead atoms. The summed E-state index contributed by atoms with van der Waals surface area (Å²) in [7, 11) is 0. The molecular formula is C76H48N2. The van der Waals surface area contributed by atoms with Gasteiger partial charge in [-0.15, -0.1) is 0 Å². The molecule has 0 aliphatic carbocycles. The summed E-state index contributed by atoms with van der Waals surface area (Å²) >= 11 is 0. The lowest BCUT2D eigenvalue weighted by atomic mass is 9.98. The van der Waals surface area contributed by atoms with Crippen LogP contribution in [0.1, 0.15) is 0 Å². The molecule has 0 radical (unpaired) electrons. The number of aromatic nitrogens is 2. The molecule has 14 aromatic carbocycles. The van der Waals surface area contributed by atoms with Gasteiger partial charge in [0.2, 0.25) is 0 Å². The minimum absolute atomic E-state index is 1.13. The maximum Gasteiger partial charge on any atom is 0.0541 e. The van der Waals surface area contributed by atoms with Gasteiger partial charge in [0.15, 0.2) is 0 Å². The summed E-state index contributed by atoms with van der Waals surface area (Å²) in [6, 6.07) is 108. The van der Waals surface area contributed by atoms with E-state index in [2.05, 4.69) is 300 Å². The monoisotopic (exact) mass is 988 g/mol. The molecule has 78 heavy (non-hydrogen) atoms. The van der Waals surface area contributed by atoms with Crippen molar-refractivity contribution in [1.29, 1.82) is 0 Å². The van der Waals surface area contributed by atoms with Gasteiger partial charge in [-0.05, 0) is 196 Å². The second-order valence-corrected chi connectivity index (χ2v) is 20.9. The van der Waals surface area contributed by atoms with Gasteiger partial charge in [0.1, 0.15) is 0 Å². The molecule has 16 rings (SSSR count). The van der Waals surface area contributed by atoms with E-state index < -0.39 is 0 Å². The number of hydrogen-bond acceptors (Lipinski definition) is 0. The van der Waals surface area contributed by atoms with Crippen molar-refractivity contribution in [1.82, 2.24) is 9.13 Å². The molecule has 0 saturated carbocycles. The van der Waals surface area contributed by atoms with E-state index in [-0.39, 0.29) is 0 Å². The van der Waals surface area contributed by atoms with Crippen LogP contribution in [0.4, 0.5) is 0 Å². The summed E-state index contributed by atoms with van der Waals surface area (Å²) in [5, 5.41) is 14.9. The molecule has 2 heteroatoms. The van der Waals surface area contributed by atoms with Crippen molar-refractivity contribution in [2.24, 2.45) is 0 Å². The van der Waals surface area contributed by atoms with Gasteiger partial charge in [-0.2, -0.15) is 0 Å². The van der Waals surface area contributed by atoms with Gasteiger partial charge in [-0.1, -0.05) is 194 Å². The summed E-state index contributed by atoms with van der Waals surface area (Å²) in [4.78, 5) is 0. The van der Waals surface area contributed by atoms with Crippen molar-refractivity contribution in [2.75, 3.05) is 0 Å². The maximum absolute atomic E-state index is 2.44. The second-order valence-electron chi connectivity index (χ2n) is 20.9. The van der Waals surface area contributed by atoms with E-state index in [1.807, 2.05) is 0 Å². The minimum atomic E-state index is 1.13. The molecule has 0 fully saturated rings. The van der Waals surface area contributed by atoms with Crippen molar-refractivity contribution in [3.63, 3.8) is 0 Å². The first-order valence-electron chi connectivity index (χ1n) is 26.9. The van der Waals surface area contributed by atoms with E-state index in [1.54, 1.807) is 0 Å². The molecule has 0 N–H and O–H groups in total. The molecule has 2 heterocycles. The second kappa shape index (κ2) is 17.7. The number of fused-ring (bicyclic) bond motifs is 10. The summed E-state index contributed by atoms with van der Waals surface area (Å²) in [6.07, 6.45) is 0. The van der Waals surface area contributed by atoms with Crippen LogP contribution in [0.3, 0.4) is 0 Å². The van der Waals surface area contributed by atoms with Gasteiger partial charge in [-0.25, -0.2) is 0 Å². The molecular weight excluding hydrogens is 941 g/mol. The van der Waals surface area contributed by atoms with E-state index in [0.717, 1.165) is 11.4 Å². The Hall–Kier alpha value is -10.3. The van der Waals surface area contributed by atoms with Crippen molar-refractivity contribution < 1.29 is 0 Å². The zero-order valence-corrected chi connectivity index (χ0v) is 42.6. The van der Waals surface area contributed by atoms with Crippen LogP contribution in [0.5, 0.6) is 0 Å². The van der Waals surface area contributed by atoms with Gasteiger partial charge in [0.25, 0.3) is 0 Å². The van der Waals surface area contributed by atoms with Gasteiger partial charge in [-0.3, -0.25) is 0 Å². The lowest BCUT2D eigenvalue weighted by Crippen LogP contribution is -1.95. The molecule has 362 valence electrons. The van der Waals surface area contributed by atoms with Crippen LogP contribution in [0.2, 0.25) is 0 Å². The van der Waals surface area contributed by atoms with Gasteiger partial charge in [0.05, 0.1) is 22.1 Å². The van der Waals surface area contributed by atoms with Crippen LogP contribution in [0.15, 0.2) is 291 Å². The van der Waals surface area contributed by atoms with Gasteiger partial charge >= 0.3 is 0 Å². The Labute approximate surface area is 451 Å². The number of nitrogens with zero attached hydrogens (tertiary/aromatic N) is 2. The van der Waals surface area contributed by atoms with Crippen LogP contribution in [-0.2, 0) is 0 Å². The molecule has 0 atom stereocenters.